The van der Waals surface area contributed by atoms with E-state index in [0.29, 0.717) is 0 Å². The highest BCUT2D eigenvalue weighted by molar-refractivity contribution is 6.14. The van der Waals surface area contributed by atoms with Crippen molar-refractivity contribution in [2.24, 2.45) is 0 Å². The minimum Gasteiger partial charge on any atom is -0.103 e. The predicted molar refractivity (Wildman–Crippen MR) is 112 cm³/mol. The number of rotatable bonds is 3. The van der Waals surface area contributed by atoms with Gasteiger partial charge in [-0.2, -0.15) is 0 Å². The molecule has 0 spiro atoms. The van der Waals surface area contributed by atoms with Gasteiger partial charge in [-0.15, -0.1) is 6.58 Å². The van der Waals surface area contributed by atoms with Gasteiger partial charge in [0.15, 0.2) is 0 Å². The molecule has 0 heterocycles. The highest BCUT2D eigenvalue weighted by Gasteiger charge is 2.08. The Kier molecular flexibility index (Phi) is 3.89. The fourth-order valence-corrected chi connectivity index (χ4v) is 3.77. The van der Waals surface area contributed by atoms with Gasteiger partial charge in [0.2, 0.25) is 0 Å². The molecule has 0 aliphatic rings. The second-order valence-electron chi connectivity index (χ2n) is 6.72. The summed E-state index contributed by atoms with van der Waals surface area (Å²) in [6.45, 7) is 8.13. The van der Waals surface area contributed by atoms with Crippen LogP contribution < -0.4 is 0 Å². The van der Waals surface area contributed by atoms with Gasteiger partial charge in [0.25, 0.3) is 0 Å². The predicted octanol–water partition coefficient (Wildman–Crippen LogP) is 7.22. The van der Waals surface area contributed by atoms with Crippen molar-refractivity contribution >= 4 is 38.4 Å². The van der Waals surface area contributed by atoms with Crippen LogP contribution in [0.1, 0.15) is 23.6 Å². The van der Waals surface area contributed by atoms with Crippen LogP contribution in [0.4, 0.5) is 0 Å². The Labute approximate surface area is 149 Å². The topological polar surface area (TPSA) is 0 Å². The van der Waals surface area contributed by atoms with Crippen molar-refractivity contribution in [2.45, 2.75) is 20.3 Å². The molecule has 0 amide bonds. The molecule has 0 nitrogen and oxygen atoms in total. The maximum Gasteiger partial charge on any atom is -0.00940 e. The second-order valence-corrected chi connectivity index (χ2v) is 6.72. The molecule has 0 unspecified atom stereocenters. The first-order chi connectivity index (χ1) is 12.2. The Bertz CT molecular complexity index is 1140. The quantitative estimate of drug-likeness (QED) is 0.212. The van der Waals surface area contributed by atoms with Crippen molar-refractivity contribution in [2.75, 3.05) is 0 Å². The van der Waals surface area contributed by atoms with Crippen molar-refractivity contribution in [1.29, 1.82) is 0 Å². The molecule has 0 heteroatoms. The van der Waals surface area contributed by atoms with Crippen LogP contribution in [0, 0.1) is 6.92 Å². The van der Waals surface area contributed by atoms with E-state index in [1.165, 1.54) is 49.0 Å². The SMILES string of the molecule is C=CCc1ccc2c(ccc3cc4ccc(C)cc4cc32)c1/C=C\C. The third-order valence-electron chi connectivity index (χ3n) is 4.96. The fraction of sp³-hybridized carbons (Fsp3) is 0.120. The lowest BCUT2D eigenvalue weighted by Crippen LogP contribution is -1.90. The molecule has 0 radical (unpaired) electrons. The number of allylic oxidation sites excluding steroid dienone is 2. The van der Waals surface area contributed by atoms with E-state index in [1.807, 2.05) is 6.08 Å². The molecule has 4 aromatic carbocycles. The van der Waals surface area contributed by atoms with Crippen molar-refractivity contribution in [1.82, 2.24) is 0 Å². The van der Waals surface area contributed by atoms with Crippen LogP contribution in [0.15, 0.2) is 73.3 Å². The molecular formula is C25H22. The minimum absolute atomic E-state index is 0.893. The zero-order chi connectivity index (χ0) is 17.4. The highest BCUT2D eigenvalue weighted by atomic mass is 14.1. The largest absolute Gasteiger partial charge is 0.103 e. The summed E-state index contributed by atoms with van der Waals surface area (Å²) >= 11 is 0. The summed E-state index contributed by atoms with van der Waals surface area (Å²) < 4.78 is 0. The molecule has 25 heavy (non-hydrogen) atoms. The van der Waals surface area contributed by atoms with Gasteiger partial charge in [-0.3, -0.25) is 0 Å². The first-order valence-corrected chi connectivity index (χ1v) is 8.83. The molecule has 4 aromatic rings. The fourth-order valence-electron chi connectivity index (χ4n) is 3.77. The Morgan fingerprint density at radius 3 is 2.40 bits per heavy atom. The van der Waals surface area contributed by atoms with Crippen molar-refractivity contribution < 1.29 is 0 Å². The van der Waals surface area contributed by atoms with Gasteiger partial charge in [0, 0.05) is 0 Å². The molecule has 0 saturated heterocycles. The molecule has 0 bridgehead atoms. The van der Waals surface area contributed by atoms with Gasteiger partial charge in [-0.1, -0.05) is 66.3 Å². The number of hydrogen-bond donors (Lipinski definition) is 0. The van der Waals surface area contributed by atoms with Crippen molar-refractivity contribution in [3.63, 3.8) is 0 Å². The van der Waals surface area contributed by atoms with E-state index < -0.39 is 0 Å². The van der Waals surface area contributed by atoms with Crippen LogP contribution in [0.5, 0.6) is 0 Å². The third kappa shape index (κ3) is 2.64. The third-order valence-corrected chi connectivity index (χ3v) is 4.96. The molecule has 0 atom stereocenters. The Balaban J connectivity index is 2.11. The summed E-state index contributed by atoms with van der Waals surface area (Å²) in [6, 6.07) is 20.3. The van der Waals surface area contributed by atoms with Crippen molar-refractivity contribution in [3.05, 3.63) is 90.0 Å². The van der Waals surface area contributed by atoms with E-state index in [1.54, 1.807) is 0 Å². The molecule has 0 saturated carbocycles. The van der Waals surface area contributed by atoms with Crippen LogP contribution in [0.3, 0.4) is 0 Å². The molecule has 4 rings (SSSR count). The molecule has 0 fully saturated rings. The zero-order valence-corrected chi connectivity index (χ0v) is 14.8. The van der Waals surface area contributed by atoms with E-state index in [2.05, 4.69) is 87.2 Å². The zero-order valence-electron chi connectivity index (χ0n) is 14.8. The summed E-state index contributed by atoms with van der Waals surface area (Å²) in [7, 11) is 0. The van der Waals surface area contributed by atoms with Crippen LogP contribution in [0.25, 0.3) is 38.4 Å². The maximum atomic E-state index is 3.91. The van der Waals surface area contributed by atoms with Gasteiger partial charge >= 0.3 is 0 Å². The Morgan fingerprint density at radius 2 is 1.60 bits per heavy atom. The van der Waals surface area contributed by atoms with E-state index in [4.69, 9.17) is 0 Å². The highest BCUT2D eigenvalue weighted by Crippen LogP contribution is 2.33. The maximum absolute atomic E-state index is 3.91. The molecule has 0 aliphatic carbocycles. The summed E-state index contributed by atoms with van der Waals surface area (Å²) in [6.07, 6.45) is 7.21. The van der Waals surface area contributed by atoms with Gasteiger partial charge in [-0.05, 0) is 75.8 Å². The number of fused-ring (bicyclic) bond motifs is 4. The molecule has 0 aliphatic heterocycles. The van der Waals surface area contributed by atoms with E-state index in [0.717, 1.165) is 6.42 Å². The molecule has 0 aromatic heterocycles. The lowest BCUT2D eigenvalue weighted by molar-refractivity contribution is 1.28. The van der Waals surface area contributed by atoms with Gasteiger partial charge in [-0.25, -0.2) is 0 Å². The number of benzene rings is 4. The van der Waals surface area contributed by atoms with E-state index >= 15 is 0 Å². The monoisotopic (exact) mass is 322 g/mol. The van der Waals surface area contributed by atoms with E-state index in [-0.39, 0.29) is 0 Å². The number of aryl methyl sites for hydroxylation is 1. The van der Waals surface area contributed by atoms with Crippen LogP contribution in [-0.4, -0.2) is 0 Å². The number of hydrogen-bond acceptors (Lipinski definition) is 0. The van der Waals surface area contributed by atoms with Gasteiger partial charge in [0.05, 0.1) is 0 Å². The Morgan fingerprint density at radius 1 is 0.800 bits per heavy atom. The lowest BCUT2D eigenvalue weighted by Gasteiger charge is -2.12. The standard InChI is InChI=1S/C25H22/c1-4-6-18-10-12-24-23(22(18)7-5-2)13-11-20-15-19-9-8-17(3)14-21(19)16-25(20)24/h4-5,7-16H,1,6H2,2-3H3/b7-5-. The van der Waals surface area contributed by atoms with Crippen LogP contribution in [0.2, 0.25) is 0 Å². The summed E-state index contributed by atoms with van der Waals surface area (Å²) in [4.78, 5) is 0. The molecular weight excluding hydrogens is 300 g/mol. The lowest BCUT2D eigenvalue weighted by atomic mass is 9.92. The summed E-state index contributed by atoms with van der Waals surface area (Å²) in [5.41, 5.74) is 3.94. The summed E-state index contributed by atoms with van der Waals surface area (Å²) in [5, 5.41) is 7.87. The van der Waals surface area contributed by atoms with Crippen LogP contribution >= 0.6 is 0 Å². The summed E-state index contributed by atoms with van der Waals surface area (Å²) in [5.74, 6) is 0. The van der Waals surface area contributed by atoms with Crippen LogP contribution in [-0.2, 0) is 6.42 Å². The van der Waals surface area contributed by atoms with Gasteiger partial charge < -0.3 is 0 Å². The average Bonchev–Trinajstić information content (AvgIpc) is 2.62. The van der Waals surface area contributed by atoms with E-state index in [9.17, 15) is 0 Å². The van der Waals surface area contributed by atoms with Gasteiger partial charge in [0.1, 0.15) is 0 Å². The molecule has 0 N–H and O–H groups in total. The Hall–Kier alpha value is -2.86. The smallest absolute Gasteiger partial charge is 0.00940 e. The van der Waals surface area contributed by atoms with Crippen molar-refractivity contribution in [3.8, 4) is 0 Å². The first kappa shape index (κ1) is 15.7. The second kappa shape index (κ2) is 6.22. The molecule has 122 valence electrons. The first-order valence-electron chi connectivity index (χ1n) is 8.83. The average molecular weight is 322 g/mol. The normalized spacial score (nSPS) is 11.8. The minimum atomic E-state index is 0.893.